The Labute approximate surface area is 128 Å². The molecule has 0 aromatic heterocycles. The van der Waals surface area contributed by atoms with E-state index in [1.165, 1.54) is 0 Å². The largest absolute Gasteiger partial charge is 4.00 e. The average molecular weight is 335 g/mol. The summed E-state index contributed by atoms with van der Waals surface area (Å²) in [5, 5.41) is 17.4. The van der Waals surface area contributed by atoms with Gasteiger partial charge in [-0.05, 0) is 13.1 Å². The Hall–Kier alpha value is -0.741. The molecule has 0 unspecified atom stereocenters. The summed E-state index contributed by atoms with van der Waals surface area (Å²) in [6.07, 6.45) is 0. The van der Waals surface area contributed by atoms with E-state index in [-0.39, 0.29) is 48.7 Å². The molecular weight excluding hydrogens is 312 g/mol. The van der Waals surface area contributed by atoms with Crippen molar-refractivity contribution in [2.45, 2.75) is 0 Å². The molecule has 0 fully saturated rings. The molecule has 0 spiro atoms. The van der Waals surface area contributed by atoms with Gasteiger partial charge in [-0.25, -0.2) is 0 Å². The zero-order chi connectivity index (χ0) is 14.0. The van der Waals surface area contributed by atoms with E-state index in [9.17, 15) is 9.59 Å². The molecule has 0 amide bonds. The van der Waals surface area contributed by atoms with Crippen LogP contribution in [-0.2, 0) is 32.1 Å². The van der Waals surface area contributed by atoms with Crippen LogP contribution in [0.3, 0.4) is 0 Å². The molecule has 118 valence electrons. The molecule has 0 aliphatic carbocycles. The number of hydrogen-bond donors (Lipinski definition) is 2. The Kier molecular flexibility index (Phi) is 17.8. The van der Waals surface area contributed by atoms with Crippen LogP contribution in [0, 0.1) is 0 Å². The first kappa shape index (κ1) is 24.3. The third-order valence-electron chi connectivity index (χ3n) is 2.31. The summed E-state index contributed by atoms with van der Waals surface area (Å²) < 4.78 is 0. The third kappa shape index (κ3) is 13.7. The van der Waals surface area contributed by atoms with E-state index in [2.05, 4.69) is 0 Å². The van der Waals surface area contributed by atoms with Crippen molar-refractivity contribution in [3.05, 3.63) is 11.5 Å². The molecule has 0 bridgehead atoms. The molecule has 0 rings (SSSR count). The Morgan fingerprint density at radius 2 is 1.10 bits per heavy atom. The normalized spacial score (nSPS) is 10.0. The first-order valence-electron chi connectivity index (χ1n) is 5.67. The standard InChI is InChI=1S/C10H20N4O4.Fe.H2O/c11-1-3-13(7-9(15)16)5-6-14(4-2-12)8-10(17)18;;/h11-12H,1-8H2,(H,15,16)(H,17,18);;1H2/q-2;+4;/p+1. The summed E-state index contributed by atoms with van der Waals surface area (Å²) in [7, 11) is 0. The minimum Gasteiger partial charge on any atom is -0.676 e. The first-order chi connectivity index (χ1) is 8.49. The van der Waals surface area contributed by atoms with Gasteiger partial charge in [0.1, 0.15) is 0 Å². The predicted octanol–water partition coefficient (Wildman–Crippen LogP) is -1.06. The fraction of sp³-hybridized carbons (Fsp3) is 0.800. The molecule has 0 aromatic rings. The van der Waals surface area contributed by atoms with Crippen molar-refractivity contribution in [1.82, 2.24) is 9.80 Å². The predicted molar refractivity (Wildman–Crippen MR) is 71.4 cm³/mol. The maximum atomic E-state index is 10.6. The van der Waals surface area contributed by atoms with Crippen LogP contribution in [0.2, 0.25) is 0 Å². The Morgan fingerprint density at radius 1 is 0.800 bits per heavy atom. The van der Waals surface area contributed by atoms with Gasteiger partial charge in [0.2, 0.25) is 0 Å². The molecule has 7 N–H and O–H groups in total. The van der Waals surface area contributed by atoms with Gasteiger partial charge in [-0.15, -0.1) is 13.1 Å². The van der Waals surface area contributed by atoms with Crippen LogP contribution in [0.5, 0.6) is 0 Å². The molecule has 10 heteroatoms. The summed E-state index contributed by atoms with van der Waals surface area (Å²) in [6.45, 7) is 1.36. The van der Waals surface area contributed by atoms with Crippen molar-refractivity contribution >= 4 is 11.9 Å². The smallest absolute Gasteiger partial charge is 0.676 e. The van der Waals surface area contributed by atoms with Gasteiger partial charge in [-0.3, -0.25) is 19.4 Å². The molecule has 0 saturated heterocycles. The van der Waals surface area contributed by atoms with E-state index in [0.717, 1.165) is 0 Å². The van der Waals surface area contributed by atoms with E-state index < -0.39 is 11.9 Å². The summed E-state index contributed by atoms with van der Waals surface area (Å²) in [6, 6.07) is 0. The van der Waals surface area contributed by atoms with Crippen molar-refractivity contribution in [3.63, 3.8) is 0 Å². The van der Waals surface area contributed by atoms with Crippen LogP contribution in [0.25, 0.3) is 11.5 Å². The fourth-order valence-corrected chi connectivity index (χ4v) is 1.52. The van der Waals surface area contributed by atoms with Crippen LogP contribution >= 0.6 is 0 Å². The van der Waals surface area contributed by atoms with Crippen molar-refractivity contribution in [1.29, 1.82) is 0 Å². The first-order valence-corrected chi connectivity index (χ1v) is 5.67. The fourth-order valence-electron chi connectivity index (χ4n) is 1.52. The van der Waals surface area contributed by atoms with Crippen molar-refractivity contribution < 1.29 is 42.3 Å². The van der Waals surface area contributed by atoms with Crippen LogP contribution in [0.1, 0.15) is 0 Å². The van der Waals surface area contributed by atoms with Crippen LogP contribution in [0.15, 0.2) is 0 Å². The zero-order valence-corrected chi connectivity index (χ0v) is 12.3. The van der Waals surface area contributed by atoms with E-state index in [1.54, 1.807) is 9.80 Å². The Bertz CT molecular complexity index is 244. The third-order valence-corrected chi connectivity index (χ3v) is 2.31. The topological polar surface area (TPSA) is 162 Å². The molecule has 20 heavy (non-hydrogen) atoms. The summed E-state index contributed by atoms with van der Waals surface area (Å²) >= 11 is 0. The number of rotatable bonds is 11. The van der Waals surface area contributed by atoms with E-state index >= 15 is 0 Å². The summed E-state index contributed by atoms with van der Waals surface area (Å²) in [5.74, 6) is -1.93. The van der Waals surface area contributed by atoms with Crippen molar-refractivity contribution in [3.8, 4) is 0 Å². The maximum absolute atomic E-state index is 10.6. The molecule has 0 aromatic carbocycles. The van der Waals surface area contributed by atoms with Crippen LogP contribution < -0.4 is 0 Å². The molecule has 0 heterocycles. The molecule has 0 saturated carbocycles. The van der Waals surface area contributed by atoms with Gasteiger partial charge < -0.3 is 27.2 Å². The van der Waals surface area contributed by atoms with Gasteiger partial charge in [-0.1, -0.05) is 0 Å². The molecule has 0 aliphatic heterocycles. The quantitative estimate of drug-likeness (QED) is 0.361. The molecule has 0 aliphatic rings. The Balaban J connectivity index is -0.00000144. The minimum atomic E-state index is -0.964. The van der Waals surface area contributed by atoms with Gasteiger partial charge >= 0.3 is 29.0 Å². The van der Waals surface area contributed by atoms with E-state index in [0.29, 0.717) is 26.2 Å². The van der Waals surface area contributed by atoms with Gasteiger partial charge in [0.05, 0.1) is 13.1 Å². The number of hydrogen-bond acceptors (Lipinski definition) is 4. The SMILES string of the molecule is [Fe+4].[NH-]CCN(CCN(CC[NH-])CC(=O)O)CC(=O)O.[OH3+]. The zero-order valence-electron chi connectivity index (χ0n) is 11.2. The number of carboxylic acids is 2. The Morgan fingerprint density at radius 3 is 1.30 bits per heavy atom. The summed E-state index contributed by atoms with van der Waals surface area (Å²) in [4.78, 5) is 24.4. The number of aliphatic carboxylic acids is 2. The monoisotopic (exact) mass is 335 g/mol. The van der Waals surface area contributed by atoms with Crippen molar-refractivity contribution in [2.75, 3.05) is 52.4 Å². The minimum absolute atomic E-state index is 0. The van der Waals surface area contributed by atoms with Crippen LogP contribution in [0.4, 0.5) is 0 Å². The maximum Gasteiger partial charge on any atom is 4.00 e. The second-order valence-corrected chi connectivity index (χ2v) is 3.84. The van der Waals surface area contributed by atoms with E-state index in [4.69, 9.17) is 21.7 Å². The summed E-state index contributed by atoms with van der Waals surface area (Å²) in [5.41, 5.74) is 14.2. The van der Waals surface area contributed by atoms with Gasteiger partial charge in [-0.2, -0.15) is 0 Å². The van der Waals surface area contributed by atoms with Crippen LogP contribution in [-0.4, -0.2) is 84.3 Å². The van der Waals surface area contributed by atoms with Gasteiger partial charge in [0, 0.05) is 13.1 Å². The number of nitrogens with one attached hydrogen (secondary N) is 2. The average Bonchev–Trinajstić information content (AvgIpc) is 2.24. The molecule has 0 atom stereocenters. The molecular formula is C10H23FeN4O5+3. The number of nitrogens with zero attached hydrogens (tertiary/aromatic N) is 2. The second kappa shape index (κ2) is 14.7. The second-order valence-electron chi connectivity index (χ2n) is 3.84. The molecule has 9 nitrogen and oxygen atoms in total. The van der Waals surface area contributed by atoms with Crippen molar-refractivity contribution in [2.24, 2.45) is 0 Å². The van der Waals surface area contributed by atoms with Gasteiger partial charge in [0.25, 0.3) is 0 Å². The molecule has 0 radical (unpaired) electrons. The number of carbonyl (C=O) groups is 2. The number of carboxylic acid groups (broad SMARTS) is 2. The van der Waals surface area contributed by atoms with E-state index in [1.807, 2.05) is 0 Å². The van der Waals surface area contributed by atoms with Gasteiger partial charge in [0.15, 0.2) is 0 Å².